The lowest BCUT2D eigenvalue weighted by molar-refractivity contribution is -0.143. The summed E-state index contributed by atoms with van der Waals surface area (Å²) < 4.78 is 5.45. The first-order valence-electron chi connectivity index (χ1n) is 24.8. The molecular weight excluding hydrogens is 707 g/mol. The minimum absolute atomic E-state index is 0.0165. The minimum atomic E-state index is -0.877. The summed E-state index contributed by atoms with van der Waals surface area (Å²) in [4.78, 5) is 24.4. The van der Waals surface area contributed by atoms with Crippen molar-refractivity contribution in [3.8, 4) is 0 Å². The van der Waals surface area contributed by atoms with E-state index < -0.39 is 12.1 Å². The second-order valence-corrected chi connectivity index (χ2v) is 16.8. The van der Waals surface area contributed by atoms with E-state index in [4.69, 9.17) is 4.74 Å². The van der Waals surface area contributed by atoms with Gasteiger partial charge in [-0.15, -0.1) is 0 Å². The number of esters is 1. The third-order valence-corrected chi connectivity index (χ3v) is 11.2. The predicted molar refractivity (Wildman–Crippen MR) is 246 cm³/mol. The number of aliphatic hydroxyl groups excluding tert-OH is 2. The summed E-state index contributed by atoms with van der Waals surface area (Å²) in [6, 6.07) is -0.670. The second-order valence-electron chi connectivity index (χ2n) is 16.8. The summed E-state index contributed by atoms with van der Waals surface area (Å²) in [7, 11) is 0. The number of carbonyl (C=O) groups excluding carboxylic acids is 2. The van der Waals surface area contributed by atoms with E-state index in [0.29, 0.717) is 25.9 Å². The standard InChI is InChI=1S/C51H95NO5/c1-3-5-7-9-11-13-15-17-18-21-25-29-33-37-41-45-51(56)57-46-42-38-34-30-26-22-19-20-24-28-32-36-40-44-50(55)52-48(47-53)49(54)43-39-35-31-27-23-16-14-12-10-8-6-4-2/h20,24,32,36,39,43,48-49,53-54H,3-19,21-23,25-31,33-35,37-38,40-42,44-47H2,1-2H3,(H,52,55)/b24-20-,36-32-,43-39+. The molecule has 57 heavy (non-hydrogen) atoms. The molecule has 3 N–H and O–H groups in total. The van der Waals surface area contributed by atoms with Crippen molar-refractivity contribution in [2.45, 2.75) is 264 Å². The lowest BCUT2D eigenvalue weighted by atomic mass is 10.0. The molecule has 334 valence electrons. The van der Waals surface area contributed by atoms with Gasteiger partial charge < -0.3 is 20.3 Å². The second kappa shape index (κ2) is 46.8. The highest BCUT2D eigenvalue weighted by atomic mass is 16.5. The molecule has 2 atom stereocenters. The van der Waals surface area contributed by atoms with Crippen LogP contribution in [0.2, 0.25) is 0 Å². The highest BCUT2D eigenvalue weighted by Gasteiger charge is 2.17. The Balaban J connectivity index is 3.57. The molecule has 0 fully saturated rings. The van der Waals surface area contributed by atoms with Gasteiger partial charge in [0, 0.05) is 12.8 Å². The van der Waals surface area contributed by atoms with Gasteiger partial charge in [-0.1, -0.05) is 224 Å². The Kier molecular flexibility index (Phi) is 45.2. The molecule has 0 saturated carbocycles. The number of amides is 1. The zero-order chi connectivity index (χ0) is 41.5. The lowest BCUT2D eigenvalue weighted by Gasteiger charge is -2.19. The highest BCUT2D eigenvalue weighted by molar-refractivity contribution is 5.76. The quantitative estimate of drug-likeness (QED) is 0.0324. The van der Waals surface area contributed by atoms with Gasteiger partial charge in [-0.05, 0) is 51.4 Å². The van der Waals surface area contributed by atoms with Gasteiger partial charge in [0.05, 0.1) is 25.4 Å². The van der Waals surface area contributed by atoms with Gasteiger partial charge in [0.2, 0.25) is 5.91 Å². The number of hydrogen-bond acceptors (Lipinski definition) is 5. The zero-order valence-electron chi connectivity index (χ0n) is 37.8. The van der Waals surface area contributed by atoms with Crippen molar-refractivity contribution >= 4 is 11.9 Å². The zero-order valence-corrected chi connectivity index (χ0v) is 37.8. The van der Waals surface area contributed by atoms with Gasteiger partial charge >= 0.3 is 5.97 Å². The molecule has 0 heterocycles. The number of rotatable bonds is 45. The first-order chi connectivity index (χ1) is 28.0. The fraction of sp³-hybridized carbons (Fsp3) is 0.843. The summed E-state index contributed by atoms with van der Waals surface area (Å²) in [5, 5.41) is 22.9. The average Bonchev–Trinajstić information content (AvgIpc) is 3.21. The van der Waals surface area contributed by atoms with E-state index in [1.807, 2.05) is 12.2 Å². The number of unbranched alkanes of at least 4 members (excludes halogenated alkanes) is 30. The van der Waals surface area contributed by atoms with Crippen molar-refractivity contribution in [1.29, 1.82) is 0 Å². The number of carbonyl (C=O) groups is 2. The molecule has 1 amide bonds. The first kappa shape index (κ1) is 55.1. The van der Waals surface area contributed by atoms with Gasteiger partial charge in [0.25, 0.3) is 0 Å². The number of ether oxygens (including phenoxy) is 1. The number of aliphatic hydroxyl groups is 2. The van der Waals surface area contributed by atoms with E-state index in [1.165, 1.54) is 167 Å². The molecule has 0 rings (SSSR count). The first-order valence-corrected chi connectivity index (χ1v) is 24.8. The van der Waals surface area contributed by atoms with Crippen LogP contribution in [-0.2, 0) is 14.3 Å². The smallest absolute Gasteiger partial charge is 0.305 e. The Labute approximate surface area is 353 Å². The molecule has 0 aromatic heterocycles. The fourth-order valence-corrected chi connectivity index (χ4v) is 7.33. The van der Waals surface area contributed by atoms with Crippen LogP contribution < -0.4 is 5.32 Å². The molecule has 0 saturated heterocycles. The summed E-state index contributed by atoms with van der Waals surface area (Å²) in [6.45, 7) is 4.82. The van der Waals surface area contributed by atoms with E-state index in [-0.39, 0.29) is 18.5 Å². The van der Waals surface area contributed by atoms with E-state index in [1.54, 1.807) is 6.08 Å². The Bertz CT molecular complexity index is 931. The molecule has 0 aliphatic heterocycles. The molecule has 0 bridgehead atoms. The number of hydrogen-bond donors (Lipinski definition) is 3. The SMILES string of the molecule is CCCCCCCCCCCC/C=C/C(O)C(CO)NC(=O)CC/C=C\C/C=C\CCCCCCCCOC(=O)CCCCCCCCCCCCCCCCC. The van der Waals surface area contributed by atoms with Crippen LogP contribution in [0.3, 0.4) is 0 Å². The van der Waals surface area contributed by atoms with E-state index in [9.17, 15) is 19.8 Å². The molecule has 0 aliphatic carbocycles. The van der Waals surface area contributed by atoms with Crippen LogP contribution in [0.25, 0.3) is 0 Å². The van der Waals surface area contributed by atoms with Crippen LogP contribution >= 0.6 is 0 Å². The van der Waals surface area contributed by atoms with Crippen molar-refractivity contribution < 1.29 is 24.5 Å². The van der Waals surface area contributed by atoms with Crippen LogP contribution in [0.15, 0.2) is 36.5 Å². The van der Waals surface area contributed by atoms with Crippen molar-refractivity contribution in [3.05, 3.63) is 36.5 Å². The molecule has 6 heteroatoms. The monoisotopic (exact) mass is 802 g/mol. The Morgan fingerprint density at radius 2 is 0.895 bits per heavy atom. The third-order valence-electron chi connectivity index (χ3n) is 11.2. The Morgan fingerprint density at radius 3 is 1.37 bits per heavy atom. The van der Waals surface area contributed by atoms with Gasteiger partial charge in [-0.25, -0.2) is 0 Å². The van der Waals surface area contributed by atoms with Crippen LogP contribution in [0.5, 0.6) is 0 Å². The molecule has 0 radical (unpaired) electrons. The maximum Gasteiger partial charge on any atom is 0.305 e. The Hall–Kier alpha value is -1.92. The van der Waals surface area contributed by atoms with Crippen molar-refractivity contribution in [3.63, 3.8) is 0 Å². The van der Waals surface area contributed by atoms with E-state index >= 15 is 0 Å². The molecule has 0 spiro atoms. The number of nitrogens with one attached hydrogen (secondary N) is 1. The van der Waals surface area contributed by atoms with Gasteiger partial charge in [-0.2, -0.15) is 0 Å². The average molecular weight is 802 g/mol. The maximum absolute atomic E-state index is 12.3. The largest absolute Gasteiger partial charge is 0.466 e. The van der Waals surface area contributed by atoms with Gasteiger partial charge in [0.1, 0.15) is 0 Å². The fourth-order valence-electron chi connectivity index (χ4n) is 7.33. The van der Waals surface area contributed by atoms with Crippen LogP contribution in [0.1, 0.15) is 251 Å². The van der Waals surface area contributed by atoms with E-state index in [0.717, 1.165) is 51.4 Å². The Morgan fingerprint density at radius 1 is 0.491 bits per heavy atom. The van der Waals surface area contributed by atoms with Crippen molar-refractivity contribution in [1.82, 2.24) is 5.32 Å². The molecular formula is C51H95NO5. The predicted octanol–water partition coefficient (Wildman–Crippen LogP) is 14.5. The third kappa shape index (κ3) is 43.5. The molecule has 0 aliphatic rings. The van der Waals surface area contributed by atoms with Gasteiger partial charge in [-0.3, -0.25) is 9.59 Å². The topological polar surface area (TPSA) is 95.9 Å². The normalized spacial score (nSPS) is 13.0. The lowest BCUT2D eigenvalue weighted by Crippen LogP contribution is -2.45. The molecule has 2 unspecified atom stereocenters. The van der Waals surface area contributed by atoms with Crippen LogP contribution in [0, 0.1) is 0 Å². The summed E-state index contributed by atoms with van der Waals surface area (Å²) in [5.74, 6) is -0.167. The highest BCUT2D eigenvalue weighted by Crippen LogP contribution is 2.15. The number of allylic oxidation sites excluding steroid dienone is 5. The minimum Gasteiger partial charge on any atom is -0.466 e. The summed E-state index contributed by atoms with van der Waals surface area (Å²) >= 11 is 0. The molecule has 6 nitrogen and oxygen atoms in total. The van der Waals surface area contributed by atoms with E-state index in [2.05, 4.69) is 37.4 Å². The van der Waals surface area contributed by atoms with Gasteiger partial charge in [0.15, 0.2) is 0 Å². The summed E-state index contributed by atoms with van der Waals surface area (Å²) in [5.41, 5.74) is 0. The summed E-state index contributed by atoms with van der Waals surface area (Å²) in [6.07, 6.45) is 55.8. The van der Waals surface area contributed by atoms with Crippen molar-refractivity contribution in [2.24, 2.45) is 0 Å². The molecule has 0 aromatic carbocycles. The molecule has 0 aromatic rings. The maximum atomic E-state index is 12.3. The van der Waals surface area contributed by atoms with Crippen LogP contribution in [-0.4, -0.2) is 47.4 Å². The van der Waals surface area contributed by atoms with Crippen molar-refractivity contribution in [2.75, 3.05) is 13.2 Å². The van der Waals surface area contributed by atoms with Crippen LogP contribution in [0.4, 0.5) is 0 Å².